The molecule has 0 aliphatic heterocycles. The number of hydrogen-bond donors (Lipinski definition) is 0. The van der Waals surface area contributed by atoms with E-state index in [-0.39, 0.29) is 11.5 Å². The minimum atomic E-state index is -0.622. The molecule has 18 heavy (non-hydrogen) atoms. The fourth-order valence-corrected chi connectivity index (χ4v) is 1.37. The van der Waals surface area contributed by atoms with E-state index in [0.29, 0.717) is 11.3 Å². The van der Waals surface area contributed by atoms with Crippen molar-refractivity contribution in [2.75, 3.05) is 7.11 Å². The Balaban J connectivity index is 2.24. The molecule has 1 aromatic heterocycles. The Morgan fingerprint density at radius 3 is 2.78 bits per heavy atom. The maximum absolute atomic E-state index is 11.7. The second-order valence-corrected chi connectivity index (χ2v) is 3.34. The topological polar surface area (TPSA) is 72.5 Å². The lowest BCUT2D eigenvalue weighted by molar-refractivity contribution is 0.0696. The van der Waals surface area contributed by atoms with Crippen LogP contribution in [0.1, 0.15) is 16.1 Å². The van der Waals surface area contributed by atoms with Crippen LogP contribution < -0.4 is 9.47 Å². The van der Waals surface area contributed by atoms with Crippen LogP contribution in [-0.4, -0.2) is 13.1 Å². The van der Waals surface area contributed by atoms with Crippen molar-refractivity contribution >= 4 is 5.97 Å². The molecule has 0 saturated heterocycles. The first-order valence-electron chi connectivity index (χ1n) is 5.08. The number of carbonyl (C=O) groups is 1. The van der Waals surface area contributed by atoms with Crippen molar-refractivity contribution < 1.29 is 18.7 Å². The Morgan fingerprint density at radius 2 is 2.17 bits per heavy atom. The van der Waals surface area contributed by atoms with E-state index in [1.807, 2.05) is 6.07 Å². The van der Waals surface area contributed by atoms with Gasteiger partial charge in [-0.2, -0.15) is 5.26 Å². The van der Waals surface area contributed by atoms with Gasteiger partial charge in [0, 0.05) is 6.07 Å². The van der Waals surface area contributed by atoms with Gasteiger partial charge in [-0.05, 0) is 24.3 Å². The summed E-state index contributed by atoms with van der Waals surface area (Å²) in [6.45, 7) is 0. The van der Waals surface area contributed by atoms with Crippen molar-refractivity contribution in [1.29, 1.82) is 5.26 Å². The molecule has 1 aromatic carbocycles. The molecule has 0 aliphatic carbocycles. The molecule has 0 bridgehead atoms. The Hall–Kier alpha value is -2.74. The van der Waals surface area contributed by atoms with Gasteiger partial charge in [-0.25, -0.2) is 4.79 Å². The molecule has 0 aliphatic rings. The van der Waals surface area contributed by atoms with Crippen LogP contribution in [0.5, 0.6) is 11.5 Å². The summed E-state index contributed by atoms with van der Waals surface area (Å²) in [4.78, 5) is 11.7. The molecule has 0 saturated carbocycles. The zero-order valence-corrected chi connectivity index (χ0v) is 9.54. The number of furan rings is 1. The van der Waals surface area contributed by atoms with E-state index in [1.54, 1.807) is 6.07 Å². The molecular formula is C13H9NO4. The van der Waals surface area contributed by atoms with Crippen LogP contribution in [0.3, 0.4) is 0 Å². The molecule has 0 spiro atoms. The molecule has 90 valence electrons. The normalized spacial score (nSPS) is 9.56. The van der Waals surface area contributed by atoms with E-state index < -0.39 is 5.97 Å². The highest BCUT2D eigenvalue weighted by atomic mass is 16.6. The number of ether oxygens (including phenoxy) is 2. The second-order valence-electron chi connectivity index (χ2n) is 3.34. The highest BCUT2D eigenvalue weighted by Gasteiger charge is 2.14. The summed E-state index contributed by atoms with van der Waals surface area (Å²) >= 11 is 0. The fraction of sp³-hybridized carbons (Fsp3) is 0.0769. The number of rotatable bonds is 3. The van der Waals surface area contributed by atoms with E-state index in [0.717, 1.165) is 0 Å². The Bertz CT molecular complexity index is 596. The molecular weight excluding hydrogens is 234 g/mol. The average Bonchev–Trinajstić information content (AvgIpc) is 2.93. The second kappa shape index (κ2) is 5.06. The van der Waals surface area contributed by atoms with Crippen molar-refractivity contribution in [3.05, 3.63) is 47.9 Å². The van der Waals surface area contributed by atoms with Gasteiger partial charge in [0.05, 0.1) is 25.0 Å². The van der Waals surface area contributed by atoms with Crippen LogP contribution in [0.25, 0.3) is 0 Å². The van der Waals surface area contributed by atoms with Crippen LogP contribution in [0.15, 0.2) is 41.0 Å². The van der Waals surface area contributed by atoms with Gasteiger partial charge in [0.15, 0.2) is 11.5 Å². The molecule has 2 rings (SSSR count). The summed E-state index contributed by atoms with van der Waals surface area (Å²) in [6, 6.07) is 9.58. The van der Waals surface area contributed by atoms with Gasteiger partial charge in [-0.1, -0.05) is 0 Å². The van der Waals surface area contributed by atoms with Gasteiger partial charge in [0.1, 0.15) is 0 Å². The zero-order chi connectivity index (χ0) is 13.0. The zero-order valence-electron chi connectivity index (χ0n) is 9.54. The molecule has 2 aromatic rings. The summed E-state index contributed by atoms with van der Waals surface area (Å²) in [5.74, 6) is 0.0243. The first kappa shape index (κ1) is 11.7. The summed E-state index contributed by atoms with van der Waals surface area (Å²) in [5.41, 5.74) is 0.421. The van der Waals surface area contributed by atoms with E-state index in [4.69, 9.17) is 19.2 Å². The predicted molar refractivity (Wildman–Crippen MR) is 61.4 cm³/mol. The molecule has 0 amide bonds. The van der Waals surface area contributed by atoms with Gasteiger partial charge < -0.3 is 13.9 Å². The molecule has 5 heteroatoms. The van der Waals surface area contributed by atoms with Gasteiger partial charge in [0.25, 0.3) is 0 Å². The van der Waals surface area contributed by atoms with Gasteiger partial charge in [-0.15, -0.1) is 0 Å². The van der Waals surface area contributed by atoms with Crippen LogP contribution in [0.2, 0.25) is 0 Å². The monoisotopic (exact) mass is 243 g/mol. The first-order valence-corrected chi connectivity index (χ1v) is 5.08. The minimum Gasteiger partial charge on any atom is -0.493 e. The SMILES string of the molecule is COc1cc(C#N)ccc1OC(=O)c1ccco1. The molecule has 0 atom stereocenters. The molecule has 5 nitrogen and oxygen atoms in total. The molecule has 0 radical (unpaired) electrons. The smallest absolute Gasteiger partial charge is 0.379 e. The largest absolute Gasteiger partial charge is 0.493 e. The first-order chi connectivity index (χ1) is 8.74. The van der Waals surface area contributed by atoms with Crippen LogP contribution >= 0.6 is 0 Å². The Kier molecular flexibility index (Phi) is 3.30. The van der Waals surface area contributed by atoms with Crippen LogP contribution in [0.4, 0.5) is 0 Å². The molecule has 0 fully saturated rings. The quantitative estimate of drug-likeness (QED) is 0.611. The third-order valence-corrected chi connectivity index (χ3v) is 2.22. The van der Waals surface area contributed by atoms with Crippen molar-refractivity contribution in [1.82, 2.24) is 0 Å². The molecule has 0 unspecified atom stereocenters. The van der Waals surface area contributed by atoms with Gasteiger partial charge in [0.2, 0.25) is 5.76 Å². The maximum atomic E-state index is 11.7. The summed E-state index contributed by atoms with van der Waals surface area (Å²) in [6.07, 6.45) is 1.38. The van der Waals surface area contributed by atoms with Crippen molar-refractivity contribution in [3.8, 4) is 17.6 Å². The van der Waals surface area contributed by atoms with E-state index in [2.05, 4.69) is 0 Å². The fourth-order valence-electron chi connectivity index (χ4n) is 1.37. The number of benzene rings is 1. The van der Waals surface area contributed by atoms with Crippen LogP contribution in [-0.2, 0) is 0 Å². The van der Waals surface area contributed by atoms with Crippen molar-refractivity contribution in [2.24, 2.45) is 0 Å². The van der Waals surface area contributed by atoms with E-state index in [1.165, 1.54) is 37.6 Å². The lowest BCUT2D eigenvalue weighted by Gasteiger charge is -2.08. The molecule has 1 heterocycles. The number of methoxy groups -OCH3 is 1. The van der Waals surface area contributed by atoms with Gasteiger partial charge in [-0.3, -0.25) is 0 Å². The van der Waals surface area contributed by atoms with Crippen LogP contribution in [0, 0.1) is 11.3 Å². The highest BCUT2D eigenvalue weighted by molar-refractivity contribution is 5.88. The Labute approximate surface area is 103 Å². The lowest BCUT2D eigenvalue weighted by Crippen LogP contribution is -2.08. The Morgan fingerprint density at radius 1 is 1.33 bits per heavy atom. The minimum absolute atomic E-state index is 0.0985. The summed E-state index contributed by atoms with van der Waals surface area (Å²) < 4.78 is 15.1. The number of esters is 1. The summed E-state index contributed by atoms with van der Waals surface area (Å²) in [7, 11) is 1.43. The number of carbonyl (C=O) groups excluding carboxylic acids is 1. The van der Waals surface area contributed by atoms with E-state index in [9.17, 15) is 4.79 Å². The van der Waals surface area contributed by atoms with Crippen molar-refractivity contribution in [2.45, 2.75) is 0 Å². The van der Waals surface area contributed by atoms with E-state index >= 15 is 0 Å². The number of nitriles is 1. The van der Waals surface area contributed by atoms with Gasteiger partial charge >= 0.3 is 5.97 Å². The number of nitrogens with zero attached hydrogens (tertiary/aromatic N) is 1. The highest BCUT2D eigenvalue weighted by Crippen LogP contribution is 2.28. The third kappa shape index (κ3) is 2.33. The summed E-state index contributed by atoms with van der Waals surface area (Å²) in [5, 5.41) is 8.75. The lowest BCUT2D eigenvalue weighted by atomic mass is 10.2. The predicted octanol–water partition coefficient (Wildman–Crippen LogP) is 2.38. The third-order valence-electron chi connectivity index (χ3n) is 2.22. The maximum Gasteiger partial charge on any atom is 0.379 e. The number of hydrogen-bond acceptors (Lipinski definition) is 5. The molecule has 0 N–H and O–H groups in total. The average molecular weight is 243 g/mol. The van der Waals surface area contributed by atoms with Crippen molar-refractivity contribution in [3.63, 3.8) is 0 Å². The standard InChI is InChI=1S/C13H9NO4/c1-16-12-7-9(8-14)4-5-10(12)18-13(15)11-3-2-6-17-11/h2-7H,1H3.